The van der Waals surface area contributed by atoms with Crippen molar-refractivity contribution < 1.29 is 9.63 Å². The van der Waals surface area contributed by atoms with Crippen LogP contribution in [0.4, 0.5) is 5.69 Å². The smallest absolute Gasteiger partial charge is 0.230 e. The summed E-state index contributed by atoms with van der Waals surface area (Å²) < 4.78 is 5.34. The standard InChI is InChI=1S/C17H21N3O2/c21-15-10-13(11-15)17-18-16(19-22-17)12-4-6-14(7-5-12)20-8-2-1-3-9-20/h4-7,13,15,21H,1-3,8-11H2. The van der Waals surface area contributed by atoms with Gasteiger partial charge in [0.2, 0.25) is 11.7 Å². The lowest BCUT2D eigenvalue weighted by Crippen LogP contribution is -2.29. The fourth-order valence-corrected chi connectivity index (χ4v) is 3.28. The number of nitrogens with zero attached hydrogens (tertiary/aromatic N) is 3. The molecule has 1 N–H and O–H groups in total. The fourth-order valence-electron chi connectivity index (χ4n) is 3.28. The highest BCUT2D eigenvalue weighted by atomic mass is 16.5. The number of anilines is 1. The Balaban J connectivity index is 1.48. The van der Waals surface area contributed by atoms with Gasteiger partial charge in [0.05, 0.1) is 6.10 Å². The molecule has 2 aliphatic rings. The van der Waals surface area contributed by atoms with Gasteiger partial charge >= 0.3 is 0 Å². The normalized spacial score (nSPS) is 25.0. The van der Waals surface area contributed by atoms with E-state index in [4.69, 9.17) is 4.52 Å². The third-order valence-corrected chi connectivity index (χ3v) is 4.75. The van der Waals surface area contributed by atoms with E-state index in [2.05, 4.69) is 39.3 Å². The molecule has 22 heavy (non-hydrogen) atoms. The van der Waals surface area contributed by atoms with Gasteiger partial charge in [-0.05, 0) is 56.4 Å². The predicted octanol–water partition coefficient (Wildman–Crippen LogP) is 2.97. The van der Waals surface area contributed by atoms with Gasteiger partial charge in [0.1, 0.15) is 0 Å². The lowest BCUT2D eigenvalue weighted by atomic mass is 9.82. The Hall–Kier alpha value is -1.88. The van der Waals surface area contributed by atoms with Crippen molar-refractivity contribution in [3.8, 4) is 11.4 Å². The van der Waals surface area contributed by atoms with E-state index in [9.17, 15) is 5.11 Å². The molecule has 2 fully saturated rings. The van der Waals surface area contributed by atoms with Gasteiger partial charge in [-0.2, -0.15) is 4.98 Å². The first kappa shape index (κ1) is 13.8. The summed E-state index contributed by atoms with van der Waals surface area (Å²) in [6.07, 6.45) is 5.16. The van der Waals surface area contributed by atoms with Gasteiger partial charge in [-0.25, -0.2) is 0 Å². The van der Waals surface area contributed by atoms with E-state index in [1.807, 2.05) is 0 Å². The molecule has 2 heterocycles. The highest BCUT2D eigenvalue weighted by Crippen LogP contribution is 2.36. The Morgan fingerprint density at radius 3 is 2.45 bits per heavy atom. The molecule has 4 rings (SSSR count). The summed E-state index contributed by atoms with van der Waals surface area (Å²) >= 11 is 0. The van der Waals surface area contributed by atoms with E-state index in [1.54, 1.807) is 0 Å². The number of hydrogen-bond donors (Lipinski definition) is 1. The SMILES string of the molecule is OC1CC(c2nc(-c3ccc(N4CCCCC4)cc3)no2)C1. The molecule has 0 radical (unpaired) electrons. The highest BCUT2D eigenvalue weighted by molar-refractivity contribution is 5.60. The summed E-state index contributed by atoms with van der Waals surface area (Å²) in [7, 11) is 0. The Labute approximate surface area is 130 Å². The van der Waals surface area contributed by atoms with Crippen LogP contribution in [0.5, 0.6) is 0 Å². The Morgan fingerprint density at radius 1 is 1.05 bits per heavy atom. The molecule has 2 aromatic rings. The molecule has 1 saturated carbocycles. The van der Waals surface area contributed by atoms with Crippen LogP contribution >= 0.6 is 0 Å². The number of hydrogen-bond acceptors (Lipinski definition) is 5. The maximum atomic E-state index is 9.36. The second-order valence-corrected chi connectivity index (χ2v) is 6.37. The molecule has 0 atom stereocenters. The topological polar surface area (TPSA) is 62.4 Å². The average Bonchev–Trinajstić information content (AvgIpc) is 3.02. The first-order chi connectivity index (χ1) is 10.8. The quantitative estimate of drug-likeness (QED) is 0.944. The Kier molecular flexibility index (Phi) is 3.58. The minimum atomic E-state index is -0.204. The van der Waals surface area contributed by atoms with Crippen molar-refractivity contribution in [1.82, 2.24) is 10.1 Å². The van der Waals surface area contributed by atoms with Crippen LogP contribution in [0.25, 0.3) is 11.4 Å². The summed E-state index contributed by atoms with van der Waals surface area (Å²) in [5.74, 6) is 1.52. The highest BCUT2D eigenvalue weighted by Gasteiger charge is 2.33. The van der Waals surface area contributed by atoms with Crippen molar-refractivity contribution in [1.29, 1.82) is 0 Å². The van der Waals surface area contributed by atoms with Gasteiger partial charge in [-0.3, -0.25) is 0 Å². The number of aliphatic hydroxyl groups excluding tert-OH is 1. The van der Waals surface area contributed by atoms with Crippen LogP contribution in [0.15, 0.2) is 28.8 Å². The molecule has 0 amide bonds. The summed E-state index contributed by atoms with van der Waals surface area (Å²) in [6, 6.07) is 8.41. The van der Waals surface area contributed by atoms with E-state index >= 15 is 0 Å². The van der Waals surface area contributed by atoms with E-state index in [0.29, 0.717) is 11.7 Å². The number of piperidine rings is 1. The van der Waals surface area contributed by atoms with Crippen molar-refractivity contribution in [3.63, 3.8) is 0 Å². The van der Waals surface area contributed by atoms with E-state index < -0.39 is 0 Å². The summed E-state index contributed by atoms with van der Waals surface area (Å²) in [4.78, 5) is 6.91. The zero-order chi connectivity index (χ0) is 14.9. The third-order valence-electron chi connectivity index (χ3n) is 4.75. The summed E-state index contributed by atoms with van der Waals surface area (Å²) in [5, 5.41) is 13.4. The molecule has 0 unspecified atom stereocenters. The molecule has 0 bridgehead atoms. The van der Waals surface area contributed by atoms with Gasteiger partial charge in [0, 0.05) is 30.3 Å². The van der Waals surface area contributed by atoms with Crippen molar-refractivity contribution in [2.45, 2.75) is 44.1 Å². The molecule has 1 aliphatic carbocycles. The monoisotopic (exact) mass is 299 g/mol. The second kappa shape index (κ2) is 5.72. The van der Waals surface area contributed by atoms with E-state index in [-0.39, 0.29) is 12.0 Å². The number of benzene rings is 1. The molecule has 0 spiro atoms. The predicted molar refractivity (Wildman–Crippen MR) is 83.8 cm³/mol. The lowest BCUT2D eigenvalue weighted by molar-refractivity contribution is 0.0625. The first-order valence-corrected chi connectivity index (χ1v) is 8.16. The average molecular weight is 299 g/mol. The minimum absolute atomic E-state index is 0.204. The van der Waals surface area contributed by atoms with Crippen molar-refractivity contribution in [2.24, 2.45) is 0 Å². The molecule has 5 nitrogen and oxygen atoms in total. The molecule has 1 aliphatic heterocycles. The van der Waals surface area contributed by atoms with Crippen LogP contribution in [0.1, 0.15) is 43.9 Å². The molecular formula is C17H21N3O2. The van der Waals surface area contributed by atoms with Gasteiger partial charge < -0.3 is 14.5 Å². The van der Waals surface area contributed by atoms with Crippen LogP contribution in [-0.2, 0) is 0 Å². The number of aromatic nitrogens is 2. The summed E-state index contributed by atoms with van der Waals surface area (Å²) in [6.45, 7) is 2.30. The number of aliphatic hydroxyl groups is 1. The van der Waals surface area contributed by atoms with Crippen molar-refractivity contribution in [3.05, 3.63) is 30.2 Å². The molecule has 1 saturated heterocycles. The molecule has 1 aromatic heterocycles. The first-order valence-electron chi connectivity index (χ1n) is 8.16. The Morgan fingerprint density at radius 2 is 1.77 bits per heavy atom. The maximum Gasteiger partial charge on any atom is 0.230 e. The van der Waals surface area contributed by atoms with Gasteiger partial charge in [-0.1, -0.05) is 5.16 Å². The van der Waals surface area contributed by atoms with Crippen LogP contribution in [0.2, 0.25) is 0 Å². The van der Waals surface area contributed by atoms with E-state index in [0.717, 1.165) is 31.5 Å². The molecular weight excluding hydrogens is 278 g/mol. The van der Waals surface area contributed by atoms with Gasteiger partial charge in [-0.15, -0.1) is 0 Å². The zero-order valence-corrected chi connectivity index (χ0v) is 12.6. The fraction of sp³-hybridized carbons (Fsp3) is 0.529. The Bertz CT molecular complexity index is 626. The second-order valence-electron chi connectivity index (χ2n) is 6.37. The van der Waals surface area contributed by atoms with Gasteiger partial charge in [0.25, 0.3) is 0 Å². The molecule has 116 valence electrons. The maximum absolute atomic E-state index is 9.36. The van der Waals surface area contributed by atoms with Crippen LogP contribution < -0.4 is 4.90 Å². The van der Waals surface area contributed by atoms with E-state index in [1.165, 1.54) is 24.9 Å². The van der Waals surface area contributed by atoms with Crippen molar-refractivity contribution in [2.75, 3.05) is 18.0 Å². The summed E-state index contributed by atoms with van der Waals surface area (Å²) in [5.41, 5.74) is 2.25. The van der Waals surface area contributed by atoms with Crippen LogP contribution in [-0.4, -0.2) is 34.4 Å². The van der Waals surface area contributed by atoms with Gasteiger partial charge in [0.15, 0.2) is 0 Å². The van der Waals surface area contributed by atoms with Crippen LogP contribution in [0.3, 0.4) is 0 Å². The minimum Gasteiger partial charge on any atom is -0.393 e. The molecule has 5 heteroatoms. The zero-order valence-electron chi connectivity index (χ0n) is 12.6. The van der Waals surface area contributed by atoms with Crippen LogP contribution in [0, 0.1) is 0 Å². The third kappa shape index (κ3) is 2.61. The largest absolute Gasteiger partial charge is 0.393 e. The lowest BCUT2D eigenvalue weighted by Gasteiger charge is -2.28. The van der Waals surface area contributed by atoms with Crippen molar-refractivity contribution >= 4 is 5.69 Å². The number of rotatable bonds is 3. The molecule has 1 aromatic carbocycles.